The maximum atomic E-state index is 12.8. The molecule has 6 aromatic rings. The molecule has 6 N–H and O–H groups in total. The van der Waals surface area contributed by atoms with Gasteiger partial charge in [-0.3, -0.25) is 14.7 Å². The lowest BCUT2D eigenvalue weighted by molar-refractivity contribution is -0.149. The van der Waals surface area contributed by atoms with Crippen LogP contribution in [0.2, 0.25) is 5.02 Å². The van der Waals surface area contributed by atoms with Crippen molar-refractivity contribution in [3.63, 3.8) is 0 Å². The van der Waals surface area contributed by atoms with Gasteiger partial charge in [0.15, 0.2) is 0 Å². The molecule has 0 fully saturated rings. The molecule has 0 aliphatic heterocycles. The Labute approximate surface area is 365 Å². The average Bonchev–Trinajstić information content (AvgIpc) is 3.21. The van der Waals surface area contributed by atoms with Crippen molar-refractivity contribution in [1.82, 2.24) is 14.7 Å². The van der Waals surface area contributed by atoms with Crippen LogP contribution in [0.15, 0.2) is 152 Å². The SMILES string of the molecule is COc1ccc(CN(C)Cc2ccc(N)cc2)cc1.Nc1ccc(CN(Cc2ccc(Cl)cc2)CC(F)(F)F)cc1.Nc1ccc(CN(Cc2ccccc2)CC(F)(F)F)cc1. The third-order valence-electron chi connectivity index (χ3n) is 9.19. The number of nitrogen functional groups attached to an aromatic ring is 3. The highest BCUT2D eigenvalue weighted by molar-refractivity contribution is 6.30. The van der Waals surface area contributed by atoms with Crippen LogP contribution < -0.4 is 21.9 Å². The fourth-order valence-electron chi connectivity index (χ4n) is 6.33. The number of benzene rings is 6. The monoisotopic (exact) mass is 878 g/mol. The fraction of sp³-hybridized carbons (Fsp3) is 0.250. The number of rotatable bonds is 15. The van der Waals surface area contributed by atoms with Crippen molar-refractivity contribution < 1.29 is 31.1 Å². The highest BCUT2D eigenvalue weighted by atomic mass is 35.5. The van der Waals surface area contributed by atoms with Crippen molar-refractivity contribution in [1.29, 1.82) is 0 Å². The Balaban J connectivity index is 0.000000205. The van der Waals surface area contributed by atoms with Gasteiger partial charge in [0.1, 0.15) is 5.75 Å². The van der Waals surface area contributed by atoms with E-state index >= 15 is 0 Å². The lowest BCUT2D eigenvalue weighted by Gasteiger charge is -2.24. The van der Waals surface area contributed by atoms with Crippen molar-refractivity contribution in [3.05, 3.63) is 190 Å². The van der Waals surface area contributed by atoms with Crippen molar-refractivity contribution in [2.24, 2.45) is 0 Å². The number of anilines is 3. The summed E-state index contributed by atoms with van der Waals surface area (Å²) < 4.78 is 81.6. The molecule has 330 valence electrons. The molecule has 14 heteroatoms. The zero-order valence-electron chi connectivity index (χ0n) is 34.7. The molecule has 0 aliphatic carbocycles. The van der Waals surface area contributed by atoms with Gasteiger partial charge in [0.2, 0.25) is 0 Å². The normalized spacial score (nSPS) is 11.5. The van der Waals surface area contributed by atoms with Gasteiger partial charge in [0.25, 0.3) is 0 Å². The van der Waals surface area contributed by atoms with Crippen molar-refractivity contribution >= 4 is 28.7 Å². The molecule has 0 atom stereocenters. The van der Waals surface area contributed by atoms with E-state index in [1.165, 1.54) is 20.9 Å². The Hall–Kier alpha value is -5.73. The highest BCUT2D eigenvalue weighted by Crippen LogP contribution is 2.23. The van der Waals surface area contributed by atoms with E-state index in [4.69, 9.17) is 33.5 Å². The van der Waals surface area contributed by atoms with Crippen LogP contribution >= 0.6 is 11.6 Å². The van der Waals surface area contributed by atoms with Gasteiger partial charge in [-0.15, -0.1) is 0 Å². The topological polar surface area (TPSA) is 97.0 Å². The molecule has 7 nitrogen and oxygen atoms in total. The number of alkyl halides is 6. The molecule has 0 amide bonds. The van der Waals surface area contributed by atoms with E-state index in [9.17, 15) is 26.3 Å². The first-order chi connectivity index (χ1) is 29.4. The minimum atomic E-state index is -4.25. The van der Waals surface area contributed by atoms with Crippen LogP contribution in [0.4, 0.5) is 43.4 Å². The molecule has 62 heavy (non-hydrogen) atoms. The molecule has 6 aromatic carbocycles. The summed E-state index contributed by atoms with van der Waals surface area (Å²) in [6.45, 7) is 0.788. The summed E-state index contributed by atoms with van der Waals surface area (Å²) in [5, 5.41) is 0.560. The second kappa shape index (κ2) is 24.1. The fourth-order valence-corrected chi connectivity index (χ4v) is 6.45. The van der Waals surface area contributed by atoms with Crippen LogP contribution in [0.5, 0.6) is 5.75 Å². The predicted octanol–water partition coefficient (Wildman–Crippen LogP) is 11.2. The van der Waals surface area contributed by atoms with Crippen LogP contribution in [0.3, 0.4) is 0 Å². The smallest absolute Gasteiger partial charge is 0.401 e. The molecule has 0 aliphatic rings. The predicted molar refractivity (Wildman–Crippen MR) is 239 cm³/mol. The molecule has 0 saturated heterocycles. The minimum absolute atomic E-state index is 0.195. The summed E-state index contributed by atoms with van der Waals surface area (Å²) in [5.74, 6) is 0.893. The molecule has 0 bridgehead atoms. The quantitative estimate of drug-likeness (QED) is 0.0698. The Morgan fingerprint density at radius 2 is 0.726 bits per heavy atom. The number of nitrogens with two attached hydrogens (primary N) is 3. The number of halogens is 7. The third kappa shape index (κ3) is 19.8. The second-order valence-electron chi connectivity index (χ2n) is 14.9. The van der Waals surface area contributed by atoms with Crippen LogP contribution in [-0.2, 0) is 39.3 Å². The van der Waals surface area contributed by atoms with Gasteiger partial charge in [-0.25, -0.2) is 0 Å². The standard InChI is InChI=1S/C16H16ClF3N2.C16H17F3N2.C16H20N2O/c17-14-5-1-12(2-6-14)9-22(11-16(18,19)20)10-13-3-7-15(21)8-4-13;17-16(18,19)12-21(10-13-4-2-1-3-5-13)11-14-6-8-15(20)9-7-14;1-18(11-13-3-7-15(17)8-4-13)12-14-5-9-16(19-2)10-6-14/h1-8H,9-11,21H2;1-9H,10-12,20H2;3-10H,11-12,17H2,1-2H3. The number of ether oxygens (including phenoxy) is 1. The van der Waals surface area contributed by atoms with Gasteiger partial charge >= 0.3 is 12.4 Å². The van der Waals surface area contributed by atoms with Gasteiger partial charge in [0.05, 0.1) is 20.2 Å². The van der Waals surface area contributed by atoms with Gasteiger partial charge in [-0.05, 0) is 101 Å². The zero-order valence-corrected chi connectivity index (χ0v) is 35.5. The minimum Gasteiger partial charge on any atom is -0.497 e. The van der Waals surface area contributed by atoms with Crippen LogP contribution in [0.25, 0.3) is 0 Å². The Morgan fingerprint density at radius 1 is 0.435 bits per heavy atom. The molecule has 0 heterocycles. The van der Waals surface area contributed by atoms with Crippen molar-refractivity contribution in [2.75, 3.05) is 44.4 Å². The van der Waals surface area contributed by atoms with E-state index in [0.29, 0.717) is 16.4 Å². The Bertz CT molecular complexity index is 2110. The summed E-state index contributed by atoms with van der Waals surface area (Å²) in [6, 6.07) is 45.9. The molecule has 0 radical (unpaired) electrons. The summed E-state index contributed by atoms with van der Waals surface area (Å²) >= 11 is 5.79. The Kier molecular flexibility index (Phi) is 19.0. The molecular weight excluding hydrogens is 826 g/mol. The number of nitrogens with zero attached hydrogens (tertiary/aromatic N) is 3. The van der Waals surface area contributed by atoms with E-state index in [2.05, 4.69) is 36.2 Å². The molecule has 0 aromatic heterocycles. The van der Waals surface area contributed by atoms with Crippen LogP contribution in [0.1, 0.15) is 33.4 Å². The lowest BCUT2D eigenvalue weighted by Crippen LogP contribution is -2.33. The molecular formula is C48H53ClF6N6O. The maximum absolute atomic E-state index is 12.8. The first-order valence-corrected chi connectivity index (χ1v) is 20.0. The molecule has 0 saturated carbocycles. The van der Waals surface area contributed by atoms with E-state index in [1.54, 1.807) is 79.9 Å². The van der Waals surface area contributed by atoms with Gasteiger partial charge in [0, 0.05) is 61.4 Å². The molecule has 6 rings (SSSR count). The summed E-state index contributed by atoms with van der Waals surface area (Å²) in [7, 11) is 3.79. The lowest BCUT2D eigenvalue weighted by atomic mass is 10.1. The van der Waals surface area contributed by atoms with Crippen molar-refractivity contribution in [2.45, 2.75) is 51.6 Å². The van der Waals surface area contributed by atoms with E-state index in [1.807, 2.05) is 54.6 Å². The average molecular weight is 879 g/mol. The van der Waals surface area contributed by atoms with Crippen LogP contribution in [-0.4, -0.2) is 54.3 Å². The third-order valence-corrected chi connectivity index (χ3v) is 9.44. The van der Waals surface area contributed by atoms with Crippen molar-refractivity contribution in [3.8, 4) is 5.75 Å². The first kappa shape index (κ1) is 48.9. The zero-order chi connectivity index (χ0) is 45.1. The molecule has 0 spiro atoms. The molecule has 0 unspecified atom stereocenters. The second-order valence-corrected chi connectivity index (χ2v) is 15.3. The largest absolute Gasteiger partial charge is 0.497 e. The number of methoxy groups -OCH3 is 1. The van der Waals surface area contributed by atoms with Gasteiger partial charge in [-0.2, -0.15) is 26.3 Å². The van der Waals surface area contributed by atoms with Crippen LogP contribution in [0, 0.1) is 0 Å². The summed E-state index contributed by atoms with van der Waals surface area (Å²) in [4.78, 5) is 4.99. The Morgan fingerprint density at radius 3 is 1.05 bits per heavy atom. The summed E-state index contributed by atoms with van der Waals surface area (Å²) in [6.07, 6.45) is -8.47. The highest BCUT2D eigenvalue weighted by Gasteiger charge is 2.31. The van der Waals surface area contributed by atoms with E-state index in [-0.39, 0.29) is 26.2 Å². The van der Waals surface area contributed by atoms with Gasteiger partial charge < -0.3 is 21.9 Å². The maximum Gasteiger partial charge on any atom is 0.401 e. The van der Waals surface area contributed by atoms with E-state index < -0.39 is 25.4 Å². The number of hydrogen-bond donors (Lipinski definition) is 3. The van der Waals surface area contributed by atoms with Gasteiger partial charge in [-0.1, -0.05) is 103 Å². The first-order valence-electron chi connectivity index (χ1n) is 19.6. The summed E-state index contributed by atoms with van der Waals surface area (Å²) in [5.41, 5.74) is 24.6. The van der Waals surface area contributed by atoms with E-state index in [0.717, 1.165) is 46.8 Å². The number of hydrogen-bond acceptors (Lipinski definition) is 7.